The Labute approximate surface area is 184 Å². The van der Waals surface area contributed by atoms with E-state index in [1.807, 2.05) is 18.2 Å². The summed E-state index contributed by atoms with van der Waals surface area (Å²) in [7, 11) is 0. The second-order valence-corrected chi connectivity index (χ2v) is 8.78. The number of thioether (sulfide) groups is 1. The first-order valence-electron chi connectivity index (χ1n) is 9.85. The minimum atomic E-state index is -0.378. The van der Waals surface area contributed by atoms with Crippen LogP contribution in [0.4, 0.5) is 10.7 Å². The van der Waals surface area contributed by atoms with Gasteiger partial charge in [0.2, 0.25) is 5.95 Å². The number of carbonyl (C=O) groups excluding carboxylic acids is 2. The number of carbonyl (C=O) groups is 2. The van der Waals surface area contributed by atoms with Crippen LogP contribution in [0.25, 0.3) is 6.08 Å². The summed E-state index contributed by atoms with van der Waals surface area (Å²) in [5, 5.41) is 6.19. The summed E-state index contributed by atoms with van der Waals surface area (Å²) < 4.78 is 0. The fourth-order valence-corrected chi connectivity index (χ4v) is 4.43. The van der Waals surface area contributed by atoms with Crippen molar-refractivity contribution in [1.82, 2.24) is 20.6 Å². The van der Waals surface area contributed by atoms with E-state index in [1.165, 1.54) is 5.56 Å². The number of nitrogens with zero attached hydrogens (tertiary/aromatic N) is 3. The standard InChI is InChI=1S/C21H22ClN5O2S/c22-16-3-1-2-15(10-16)13-23-12-14-5-8-27(9-6-14)20-24-7-4-17(25-20)11-18-19(28)26-21(29)30-18/h1-4,7,10-11,14,23H,5-6,8-9,12-13H2,(H,26,28,29). The van der Waals surface area contributed by atoms with Crippen molar-refractivity contribution in [3.05, 3.63) is 57.7 Å². The topological polar surface area (TPSA) is 87.2 Å². The highest BCUT2D eigenvalue weighted by atomic mass is 35.5. The summed E-state index contributed by atoms with van der Waals surface area (Å²) in [5.74, 6) is 0.885. The number of aromatic nitrogens is 2. The molecular formula is C21H22ClN5O2S. The van der Waals surface area contributed by atoms with E-state index in [4.69, 9.17) is 11.6 Å². The Balaban J connectivity index is 1.28. The molecule has 2 aliphatic heterocycles. The average Bonchev–Trinajstić information content (AvgIpc) is 3.05. The number of imide groups is 1. The molecule has 3 heterocycles. The first kappa shape index (κ1) is 20.8. The number of hydrogen-bond donors (Lipinski definition) is 2. The SMILES string of the molecule is O=C1NC(=O)C(=Cc2ccnc(N3CCC(CNCc4cccc(Cl)c4)CC3)n2)S1. The molecule has 4 rings (SSSR count). The normalized spacial score (nSPS) is 18.8. The van der Waals surface area contributed by atoms with Crippen LogP contribution in [0, 0.1) is 5.92 Å². The number of piperidine rings is 1. The van der Waals surface area contributed by atoms with Gasteiger partial charge in [0.15, 0.2) is 0 Å². The van der Waals surface area contributed by atoms with Crippen LogP contribution in [0.5, 0.6) is 0 Å². The van der Waals surface area contributed by atoms with Crippen molar-refractivity contribution >= 4 is 46.5 Å². The molecular weight excluding hydrogens is 422 g/mol. The quantitative estimate of drug-likeness (QED) is 0.661. The maximum atomic E-state index is 11.7. The number of nitrogens with one attached hydrogen (secondary N) is 2. The Morgan fingerprint density at radius 3 is 2.83 bits per heavy atom. The Morgan fingerprint density at radius 1 is 1.27 bits per heavy atom. The lowest BCUT2D eigenvalue weighted by atomic mass is 9.97. The molecule has 0 bridgehead atoms. The molecule has 0 spiro atoms. The van der Waals surface area contributed by atoms with Gasteiger partial charge in [0.25, 0.3) is 11.1 Å². The van der Waals surface area contributed by atoms with Crippen molar-refractivity contribution in [2.75, 3.05) is 24.5 Å². The molecule has 9 heteroatoms. The number of benzene rings is 1. The first-order valence-corrected chi connectivity index (χ1v) is 11.0. The molecule has 30 heavy (non-hydrogen) atoms. The van der Waals surface area contributed by atoms with Gasteiger partial charge in [-0.3, -0.25) is 14.9 Å². The van der Waals surface area contributed by atoms with E-state index in [-0.39, 0.29) is 11.1 Å². The van der Waals surface area contributed by atoms with Gasteiger partial charge in [0.05, 0.1) is 10.6 Å². The maximum absolute atomic E-state index is 11.7. The van der Waals surface area contributed by atoms with Gasteiger partial charge in [-0.15, -0.1) is 0 Å². The zero-order valence-corrected chi connectivity index (χ0v) is 17.9. The van der Waals surface area contributed by atoms with Crippen LogP contribution in [-0.2, 0) is 11.3 Å². The summed E-state index contributed by atoms with van der Waals surface area (Å²) in [4.78, 5) is 34.5. The Hall–Kier alpha value is -2.42. The molecule has 0 radical (unpaired) electrons. The molecule has 0 atom stereocenters. The lowest BCUT2D eigenvalue weighted by Gasteiger charge is -2.32. The van der Waals surface area contributed by atoms with Crippen LogP contribution >= 0.6 is 23.4 Å². The van der Waals surface area contributed by atoms with Gasteiger partial charge < -0.3 is 10.2 Å². The molecule has 2 saturated heterocycles. The second-order valence-electron chi connectivity index (χ2n) is 7.32. The van der Waals surface area contributed by atoms with E-state index in [1.54, 1.807) is 18.3 Å². The summed E-state index contributed by atoms with van der Waals surface area (Å²) in [6, 6.07) is 9.65. The monoisotopic (exact) mass is 443 g/mol. The highest BCUT2D eigenvalue weighted by molar-refractivity contribution is 8.18. The van der Waals surface area contributed by atoms with Crippen molar-refractivity contribution in [2.45, 2.75) is 19.4 Å². The third-order valence-corrected chi connectivity index (χ3v) is 6.18. The van der Waals surface area contributed by atoms with Gasteiger partial charge in [0.1, 0.15) is 0 Å². The molecule has 156 valence electrons. The molecule has 0 saturated carbocycles. The first-order chi connectivity index (χ1) is 14.6. The van der Waals surface area contributed by atoms with Crippen LogP contribution in [-0.4, -0.2) is 40.7 Å². The zero-order chi connectivity index (χ0) is 20.9. The molecule has 2 N–H and O–H groups in total. The van der Waals surface area contributed by atoms with Crippen molar-refractivity contribution < 1.29 is 9.59 Å². The molecule has 2 aromatic rings. The number of rotatable bonds is 6. The van der Waals surface area contributed by atoms with Gasteiger partial charge >= 0.3 is 0 Å². The minimum absolute atomic E-state index is 0.355. The molecule has 7 nitrogen and oxygen atoms in total. The minimum Gasteiger partial charge on any atom is -0.341 e. The third kappa shape index (κ3) is 5.38. The van der Waals surface area contributed by atoms with Crippen molar-refractivity contribution in [3.8, 4) is 0 Å². The van der Waals surface area contributed by atoms with Crippen molar-refractivity contribution in [3.63, 3.8) is 0 Å². The fourth-order valence-electron chi connectivity index (χ4n) is 3.55. The van der Waals surface area contributed by atoms with Crippen LogP contribution in [0.2, 0.25) is 5.02 Å². The Kier molecular flexibility index (Phi) is 6.66. The van der Waals surface area contributed by atoms with Crippen molar-refractivity contribution in [1.29, 1.82) is 0 Å². The van der Waals surface area contributed by atoms with Gasteiger partial charge in [-0.25, -0.2) is 9.97 Å². The number of hydrogen-bond acceptors (Lipinski definition) is 7. The van der Waals surface area contributed by atoms with Crippen molar-refractivity contribution in [2.24, 2.45) is 5.92 Å². The summed E-state index contributed by atoms with van der Waals surface area (Å²) in [5.41, 5.74) is 1.81. The molecule has 2 amide bonds. The van der Waals surface area contributed by atoms with Gasteiger partial charge in [0, 0.05) is 30.9 Å². The summed E-state index contributed by atoms with van der Waals surface area (Å²) >= 11 is 6.92. The van der Waals surface area contributed by atoms with Crippen LogP contribution in [0.1, 0.15) is 24.1 Å². The third-order valence-electron chi connectivity index (χ3n) is 5.13. The summed E-state index contributed by atoms with van der Waals surface area (Å²) in [6.07, 6.45) is 5.43. The molecule has 2 fully saturated rings. The maximum Gasteiger partial charge on any atom is 0.290 e. The van der Waals surface area contributed by atoms with E-state index in [0.29, 0.717) is 22.5 Å². The molecule has 0 aliphatic carbocycles. The summed E-state index contributed by atoms with van der Waals surface area (Å²) in [6.45, 7) is 3.55. The van der Waals surface area contributed by atoms with Gasteiger partial charge in [-0.1, -0.05) is 23.7 Å². The zero-order valence-electron chi connectivity index (χ0n) is 16.3. The lowest BCUT2D eigenvalue weighted by Crippen LogP contribution is -2.38. The molecule has 2 aliphatic rings. The van der Waals surface area contributed by atoms with E-state index in [9.17, 15) is 9.59 Å². The lowest BCUT2D eigenvalue weighted by molar-refractivity contribution is -0.115. The highest BCUT2D eigenvalue weighted by Crippen LogP contribution is 2.26. The largest absolute Gasteiger partial charge is 0.341 e. The highest BCUT2D eigenvalue weighted by Gasteiger charge is 2.25. The fraction of sp³-hybridized carbons (Fsp3) is 0.333. The van der Waals surface area contributed by atoms with E-state index >= 15 is 0 Å². The van der Waals surface area contributed by atoms with Gasteiger partial charge in [-0.05, 0) is 66.9 Å². The number of amides is 2. The Morgan fingerprint density at radius 2 is 2.10 bits per heavy atom. The smallest absolute Gasteiger partial charge is 0.290 e. The molecule has 1 aromatic carbocycles. The van der Waals surface area contributed by atoms with Crippen LogP contribution < -0.4 is 15.5 Å². The average molecular weight is 444 g/mol. The van der Waals surface area contributed by atoms with Gasteiger partial charge in [-0.2, -0.15) is 0 Å². The Bertz CT molecular complexity index is 975. The van der Waals surface area contributed by atoms with E-state index in [0.717, 1.165) is 55.8 Å². The molecule has 1 aromatic heterocycles. The number of anilines is 1. The van der Waals surface area contributed by atoms with E-state index in [2.05, 4.69) is 31.6 Å². The van der Waals surface area contributed by atoms with Crippen LogP contribution in [0.15, 0.2) is 41.4 Å². The van der Waals surface area contributed by atoms with E-state index < -0.39 is 0 Å². The predicted octanol–water partition coefficient (Wildman–Crippen LogP) is 3.46. The molecule has 0 unspecified atom stereocenters. The predicted molar refractivity (Wildman–Crippen MR) is 119 cm³/mol. The second kappa shape index (κ2) is 9.59. The number of halogens is 1. The van der Waals surface area contributed by atoms with Crippen LogP contribution in [0.3, 0.4) is 0 Å².